The molecule has 0 N–H and O–H groups in total. The van der Waals surface area contributed by atoms with Gasteiger partial charge in [-0.3, -0.25) is 4.79 Å². The number of amides is 1. The van der Waals surface area contributed by atoms with Gasteiger partial charge >= 0.3 is 5.97 Å². The summed E-state index contributed by atoms with van der Waals surface area (Å²) in [6, 6.07) is 5.75. The maximum Gasteiger partial charge on any atom is 0.342 e. The number of carbonyl (C=O) groups is 2. The second kappa shape index (κ2) is 8.65. The van der Waals surface area contributed by atoms with Gasteiger partial charge in [0.1, 0.15) is 11.3 Å². The fourth-order valence-electron chi connectivity index (χ4n) is 3.15. The van der Waals surface area contributed by atoms with E-state index in [-0.39, 0.29) is 18.5 Å². The highest BCUT2D eigenvalue weighted by molar-refractivity contribution is 6.23. The molecule has 0 fully saturated rings. The quantitative estimate of drug-likeness (QED) is 0.374. The van der Waals surface area contributed by atoms with Crippen molar-refractivity contribution in [2.75, 3.05) is 20.5 Å². The smallest absolute Gasteiger partial charge is 0.342 e. The van der Waals surface area contributed by atoms with Crippen molar-refractivity contribution < 1.29 is 28.6 Å². The Morgan fingerprint density at radius 1 is 1.17 bits per heavy atom. The van der Waals surface area contributed by atoms with Crippen LogP contribution in [0.25, 0.3) is 5.57 Å². The summed E-state index contributed by atoms with van der Waals surface area (Å²) < 4.78 is 16.3. The number of ether oxygens (including phenoxy) is 3. The van der Waals surface area contributed by atoms with Gasteiger partial charge in [0, 0.05) is 13.7 Å². The van der Waals surface area contributed by atoms with Gasteiger partial charge in [-0.1, -0.05) is 18.2 Å². The summed E-state index contributed by atoms with van der Waals surface area (Å²) in [7, 11) is 1.44. The summed E-state index contributed by atoms with van der Waals surface area (Å²) in [5.74, 6) is -0.747. The number of rotatable bonds is 8. The molecule has 0 atom stereocenters. The number of carbonyl (C=O) groups excluding carboxylic acids is 2. The van der Waals surface area contributed by atoms with Crippen molar-refractivity contribution in [2.45, 2.75) is 59.6 Å². The summed E-state index contributed by atoms with van der Waals surface area (Å²) in [6.45, 7) is 12.8. The minimum atomic E-state index is -1.17. The van der Waals surface area contributed by atoms with E-state index in [1.54, 1.807) is 27.7 Å². The molecule has 1 amide bonds. The van der Waals surface area contributed by atoms with E-state index < -0.39 is 17.1 Å². The van der Waals surface area contributed by atoms with E-state index in [2.05, 4.69) is 0 Å². The Balaban J connectivity index is 2.62. The molecular formula is C22H31NO6. The SMILES string of the molecule is CCOCON1C(=O)C(c2c(C)cccc2C)=C(OC(=O)C(C)(C)OC)C1(C)C. The van der Waals surface area contributed by atoms with E-state index in [0.717, 1.165) is 16.7 Å². The molecule has 0 aromatic heterocycles. The van der Waals surface area contributed by atoms with Crippen LogP contribution in [0, 0.1) is 13.8 Å². The Kier molecular flexibility index (Phi) is 6.88. The highest BCUT2D eigenvalue weighted by Crippen LogP contribution is 2.43. The van der Waals surface area contributed by atoms with Crippen LogP contribution in [0.3, 0.4) is 0 Å². The van der Waals surface area contributed by atoms with Crippen molar-refractivity contribution in [3.05, 3.63) is 40.6 Å². The fraction of sp³-hybridized carbons (Fsp3) is 0.545. The normalized spacial score (nSPS) is 16.6. The van der Waals surface area contributed by atoms with E-state index in [1.165, 1.54) is 12.2 Å². The second-order valence-corrected chi connectivity index (χ2v) is 7.97. The summed E-state index contributed by atoms with van der Waals surface area (Å²) in [5.41, 5.74) is 0.633. The monoisotopic (exact) mass is 405 g/mol. The average molecular weight is 405 g/mol. The highest BCUT2D eigenvalue weighted by atomic mass is 16.8. The van der Waals surface area contributed by atoms with Gasteiger partial charge in [-0.05, 0) is 65.2 Å². The van der Waals surface area contributed by atoms with Crippen molar-refractivity contribution in [1.82, 2.24) is 5.06 Å². The van der Waals surface area contributed by atoms with E-state index >= 15 is 0 Å². The molecule has 0 bridgehead atoms. The van der Waals surface area contributed by atoms with Crippen LogP contribution in [0.15, 0.2) is 24.0 Å². The van der Waals surface area contributed by atoms with Crippen LogP contribution in [-0.4, -0.2) is 48.6 Å². The molecule has 2 rings (SSSR count). The maximum atomic E-state index is 13.4. The number of hydrogen-bond donors (Lipinski definition) is 0. The van der Waals surface area contributed by atoms with Crippen LogP contribution in [0.4, 0.5) is 0 Å². The van der Waals surface area contributed by atoms with Gasteiger partial charge in [0.05, 0.1) is 5.57 Å². The molecule has 0 saturated heterocycles. The van der Waals surface area contributed by atoms with Gasteiger partial charge in [-0.25, -0.2) is 14.7 Å². The minimum absolute atomic E-state index is 0.0868. The highest BCUT2D eigenvalue weighted by Gasteiger charge is 2.51. The van der Waals surface area contributed by atoms with Crippen LogP contribution in [-0.2, 0) is 28.6 Å². The van der Waals surface area contributed by atoms with Crippen molar-refractivity contribution in [3.63, 3.8) is 0 Å². The fourth-order valence-corrected chi connectivity index (χ4v) is 3.15. The molecule has 1 heterocycles. The van der Waals surface area contributed by atoms with Gasteiger partial charge in [0.25, 0.3) is 5.91 Å². The summed E-state index contributed by atoms with van der Waals surface area (Å²) >= 11 is 0. The number of benzene rings is 1. The van der Waals surface area contributed by atoms with Crippen LogP contribution in [0.2, 0.25) is 0 Å². The minimum Gasteiger partial charge on any atom is -0.425 e. The Morgan fingerprint density at radius 3 is 2.28 bits per heavy atom. The Morgan fingerprint density at radius 2 is 1.76 bits per heavy atom. The third-order valence-electron chi connectivity index (χ3n) is 5.09. The largest absolute Gasteiger partial charge is 0.425 e. The number of hydrogen-bond acceptors (Lipinski definition) is 6. The van der Waals surface area contributed by atoms with Crippen molar-refractivity contribution in [2.24, 2.45) is 0 Å². The van der Waals surface area contributed by atoms with Gasteiger partial charge in [0.2, 0.25) is 0 Å². The number of hydroxylamine groups is 2. The molecule has 160 valence electrons. The van der Waals surface area contributed by atoms with Crippen molar-refractivity contribution >= 4 is 17.4 Å². The Labute approximate surface area is 172 Å². The lowest BCUT2D eigenvalue weighted by Gasteiger charge is -2.32. The molecule has 0 spiro atoms. The van der Waals surface area contributed by atoms with E-state index in [0.29, 0.717) is 12.2 Å². The summed E-state index contributed by atoms with van der Waals surface area (Å²) in [4.78, 5) is 31.8. The van der Waals surface area contributed by atoms with Crippen molar-refractivity contribution in [3.8, 4) is 0 Å². The van der Waals surface area contributed by atoms with E-state index in [4.69, 9.17) is 19.0 Å². The summed E-state index contributed by atoms with van der Waals surface area (Å²) in [6.07, 6.45) is 0. The van der Waals surface area contributed by atoms with Crippen LogP contribution in [0.1, 0.15) is 51.3 Å². The Bertz CT molecular complexity index is 804. The van der Waals surface area contributed by atoms with Gasteiger partial charge in [0.15, 0.2) is 12.4 Å². The zero-order valence-electron chi connectivity index (χ0n) is 18.5. The zero-order valence-corrected chi connectivity index (χ0v) is 18.5. The van der Waals surface area contributed by atoms with Crippen LogP contribution in [0.5, 0.6) is 0 Å². The molecule has 1 aliphatic heterocycles. The zero-order chi connectivity index (χ0) is 22.0. The topological polar surface area (TPSA) is 74.3 Å². The molecule has 7 heteroatoms. The first-order chi connectivity index (χ1) is 13.5. The first-order valence-corrected chi connectivity index (χ1v) is 9.63. The standard InChI is InChI=1S/C22H31NO6/c1-9-27-13-28-23-19(24)17(16-14(2)11-10-12-15(16)3)18(21(23,4)5)29-20(25)22(6,7)26-8/h10-12H,9,13H2,1-8H3. The average Bonchev–Trinajstić information content (AvgIpc) is 2.82. The lowest BCUT2D eigenvalue weighted by atomic mass is 9.93. The van der Waals surface area contributed by atoms with Gasteiger partial charge in [-0.15, -0.1) is 0 Å². The molecule has 7 nitrogen and oxygen atoms in total. The van der Waals surface area contributed by atoms with Crippen LogP contribution < -0.4 is 0 Å². The molecule has 29 heavy (non-hydrogen) atoms. The molecule has 1 aliphatic rings. The number of aryl methyl sites for hydroxylation is 2. The number of methoxy groups -OCH3 is 1. The molecule has 0 unspecified atom stereocenters. The molecule has 0 radical (unpaired) electrons. The molecular weight excluding hydrogens is 374 g/mol. The number of nitrogens with zero attached hydrogens (tertiary/aromatic N) is 1. The molecule has 1 aromatic carbocycles. The van der Waals surface area contributed by atoms with Crippen LogP contribution >= 0.6 is 0 Å². The predicted molar refractivity (Wildman–Crippen MR) is 109 cm³/mol. The maximum absolute atomic E-state index is 13.4. The van der Waals surface area contributed by atoms with Gasteiger partial charge in [-0.2, -0.15) is 0 Å². The van der Waals surface area contributed by atoms with E-state index in [1.807, 2.05) is 39.0 Å². The lowest BCUT2D eigenvalue weighted by Crippen LogP contribution is -2.45. The third kappa shape index (κ3) is 4.37. The second-order valence-electron chi connectivity index (χ2n) is 7.97. The Hall–Kier alpha value is -2.22. The lowest BCUT2D eigenvalue weighted by molar-refractivity contribution is -0.243. The predicted octanol–water partition coefficient (Wildman–Crippen LogP) is 3.53. The first-order valence-electron chi connectivity index (χ1n) is 9.63. The number of esters is 1. The molecule has 1 aromatic rings. The van der Waals surface area contributed by atoms with Gasteiger partial charge < -0.3 is 14.2 Å². The summed E-state index contributed by atoms with van der Waals surface area (Å²) in [5, 5.41) is 1.21. The van der Waals surface area contributed by atoms with Crippen molar-refractivity contribution in [1.29, 1.82) is 0 Å². The third-order valence-corrected chi connectivity index (χ3v) is 5.09. The van der Waals surface area contributed by atoms with E-state index in [9.17, 15) is 9.59 Å². The molecule has 0 saturated carbocycles. The first kappa shape index (κ1) is 23.1. The molecule has 0 aliphatic carbocycles.